The molecule has 2 atom stereocenters. The first-order valence-corrected chi connectivity index (χ1v) is 8.35. The van der Waals surface area contributed by atoms with Crippen molar-refractivity contribution in [2.75, 3.05) is 13.6 Å². The summed E-state index contributed by atoms with van der Waals surface area (Å²) in [6.07, 6.45) is 2.92. The van der Waals surface area contributed by atoms with E-state index in [1.807, 2.05) is 27.0 Å². The van der Waals surface area contributed by atoms with Gasteiger partial charge in [-0.1, -0.05) is 18.6 Å². The molecule has 3 rings (SSSR count). The molecule has 0 radical (unpaired) electrons. The van der Waals surface area contributed by atoms with E-state index < -0.39 is 0 Å². The van der Waals surface area contributed by atoms with Gasteiger partial charge in [0.15, 0.2) is 0 Å². The Morgan fingerprint density at radius 1 is 1.30 bits per heavy atom. The largest absolute Gasteiger partial charge is 0.422 e. The van der Waals surface area contributed by atoms with E-state index in [-0.39, 0.29) is 11.7 Å². The lowest BCUT2D eigenvalue weighted by atomic mass is 10.0. The standard InChI is InChI=1S/C19H25NO3/c1-12-7-8-16-15(9-18(22)23-19(16)13(12)2)11-20(3)10-14-5-4-6-17(14)21/h7-9,14,17,21H,4-6,10-11H2,1-3H3. The number of hydrogen-bond donors (Lipinski definition) is 1. The second-order valence-electron chi connectivity index (χ2n) is 6.93. The van der Waals surface area contributed by atoms with Gasteiger partial charge in [-0.05, 0) is 56.3 Å². The third-order valence-corrected chi connectivity index (χ3v) is 5.12. The Labute approximate surface area is 136 Å². The van der Waals surface area contributed by atoms with E-state index in [2.05, 4.69) is 11.0 Å². The summed E-state index contributed by atoms with van der Waals surface area (Å²) < 4.78 is 5.43. The van der Waals surface area contributed by atoms with Gasteiger partial charge in [0.1, 0.15) is 5.58 Å². The third kappa shape index (κ3) is 3.33. The predicted molar refractivity (Wildman–Crippen MR) is 91.6 cm³/mol. The Hall–Kier alpha value is -1.65. The molecule has 4 nitrogen and oxygen atoms in total. The Morgan fingerprint density at radius 3 is 2.78 bits per heavy atom. The highest BCUT2D eigenvalue weighted by Gasteiger charge is 2.26. The summed E-state index contributed by atoms with van der Waals surface area (Å²) in [5.41, 5.74) is 3.54. The highest BCUT2D eigenvalue weighted by Crippen LogP contribution is 2.27. The van der Waals surface area contributed by atoms with Crippen LogP contribution < -0.4 is 5.63 Å². The predicted octanol–water partition coefficient (Wildman–Crippen LogP) is 3.00. The average Bonchev–Trinajstić information content (AvgIpc) is 2.88. The molecule has 23 heavy (non-hydrogen) atoms. The van der Waals surface area contributed by atoms with Crippen molar-refractivity contribution in [3.05, 3.63) is 45.3 Å². The van der Waals surface area contributed by atoms with Crippen LogP contribution in [0.1, 0.15) is 36.0 Å². The van der Waals surface area contributed by atoms with Crippen molar-refractivity contribution in [2.45, 2.75) is 45.8 Å². The molecule has 2 aromatic rings. The normalized spacial score (nSPS) is 21.4. The summed E-state index contributed by atoms with van der Waals surface area (Å²) in [5, 5.41) is 11.0. The fourth-order valence-electron chi connectivity index (χ4n) is 3.64. The van der Waals surface area contributed by atoms with E-state index >= 15 is 0 Å². The maximum absolute atomic E-state index is 11.9. The van der Waals surface area contributed by atoms with Gasteiger partial charge in [0, 0.05) is 24.5 Å². The molecule has 0 amide bonds. The number of hydrogen-bond acceptors (Lipinski definition) is 4. The number of fused-ring (bicyclic) bond motifs is 1. The second kappa shape index (κ2) is 6.46. The summed E-state index contributed by atoms with van der Waals surface area (Å²) >= 11 is 0. The Bertz CT molecular complexity index is 765. The number of rotatable bonds is 4. The van der Waals surface area contributed by atoms with Crippen molar-refractivity contribution >= 4 is 11.0 Å². The van der Waals surface area contributed by atoms with Crippen molar-refractivity contribution in [1.82, 2.24) is 4.90 Å². The number of nitrogens with zero attached hydrogens (tertiary/aromatic N) is 1. The van der Waals surface area contributed by atoms with Crippen LogP contribution in [0.2, 0.25) is 0 Å². The Balaban J connectivity index is 1.87. The van der Waals surface area contributed by atoms with E-state index in [4.69, 9.17) is 4.42 Å². The molecule has 0 spiro atoms. The number of aliphatic hydroxyl groups excluding tert-OH is 1. The van der Waals surface area contributed by atoms with Crippen molar-refractivity contribution in [3.63, 3.8) is 0 Å². The van der Waals surface area contributed by atoms with Gasteiger partial charge in [0.2, 0.25) is 0 Å². The molecule has 1 aromatic heterocycles. The molecule has 1 aromatic carbocycles. The van der Waals surface area contributed by atoms with Gasteiger partial charge >= 0.3 is 5.63 Å². The SMILES string of the molecule is Cc1ccc2c(CN(C)CC3CCCC3O)cc(=O)oc2c1C. The minimum absolute atomic E-state index is 0.181. The van der Waals surface area contributed by atoms with E-state index in [0.717, 1.165) is 47.9 Å². The molecule has 1 N–H and O–H groups in total. The third-order valence-electron chi connectivity index (χ3n) is 5.12. The van der Waals surface area contributed by atoms with Crippen LogP contribution in [0.15, 0.2) is 27.4 Å². The first-order valence-electron chi connectivity index (χ1n) is 8.35. The fourth-order valence-corrected chi connectivity index (χ4v) is 3.64. The van der Waals surface area contributed by atoms with Crippen LogP contribution in [0.3, 0.4) is 0 Å². The molecule has 0 bridgehead atoms. The molecule has 1 heterocycles. The van der Waals surface area contributed by atoms with Gasteiger partial charge in [-0.3, -0.25) is 0 Å². The molecule has 1 aliphatic carbocycles. The van der Waals surface area contributed by atoms with Crippen LogP contribution in [0.5, 0.6) is 0 Å². The number of aliphatic hydroxyl groups is 1. The van der Waals surface area contributed by atoms with Crippen molar-refractivity contribution in [1.29, 1.82) is 0 Å². The van der Waals surface area contributed by atoms with Crippen molar-refractivity contribution in [2.24, 2.45) is 5.92 Å². The zero-order valence-electron chi connectivity index (χ0n) is 14.1. The highest BCUT2D eigenvalue weighted by atomic mass is 16.4. The molecule has 4 heteroatoms. The summed E-state index contributed by atoms with van der Waals surface area (Å²) in [4.78, 5) is 14.1. The Morgan fingerprint density at radius 2 is 2.09 bits per heavy atom. The van der Waals surface area contributed by atoms with Crippen LogP contribution in [0.4, 0.5) is 0 Å². The zero-order chi connectivity index (χ0) is 16.6. The molecule has 1 aliphatic rings. The zero-order valence-corrected chi connectivity index (χ0v) is 14.1. The molecule has 0 saturated heterocycles. The quantitative estimate of drug-likeness (QED) is 0.881. The second-order valence-corrected chi connectivity index (χ2v) is 6.93. The highest BCUT2D eigenvalue weighted by molar-refractivity contribution is 5.83. The number of aryl methyl sites for hydroxylation is 2. The minimum Gasteiger partial charge on any atom is -0.422 e. The van der Waals surface area contributed by atoms with Crippen LogP contribution in [0.25, 0.3) is 11.0 Å². The monoisotopic (exact) mass is 315 g/mol. The van der Waals surface area contributed by atoms with Gasteiger partial charge in [-0.15, -0.1) is 0 Å². The van der Waals surface area contributed by atoms with Crippen LogP contribution >= 0.6 is 0 Å². The molecule has 1 saturated carbocycles. The van der Waals surface area contributed by atoms with Gasteiger partial charge in [-0.2, -0.15) is 0 Å². The van der Waals surface area contributed by atoms with Crippen LogP contribution in [-0.2, 0) is 6.54 Å². The van der Waals surface area contributed by atoms with Gasteiger partial charge in [-0.25, -0.2) is 4.79 Å². The summed E-state index contributed by atoms with van der Waals surface area (Å²) in [7, 11) is 2.05. The lowest BCUT2D eigenvalue weighted by Crippen LogP contribution is -2.29. The molecule has 0 aliphatic heterocycles. The lowest BCUT2D eigenvalue weighted by Gasteiger charge is -2.23. The lowest BCUT2D eigenvalue weighted by molar-refractivity contribution is 0.108. The van der Waals surface area contributed by atoms with E-state index in [1.54, 1.807) is 6.07 Å². The van der Waals surface area contributed by atoms with Gasteiger partial charge in [0.05, 0.1) is 6.10 Å². The minimum atomic E-state index is -0.296. The first kappa shape index (κ1) is 16.2. The van der Waals surface area contributed by atoms with Crippen LogP contribution in [-0.4, -0.2) is 29.7 Å². The van der Waals surface area contributed by atoms with Gasteiger partial charge in [0.25, 0.3) is 0 Å². The van der Waals surface area contributed by atoms with Gasteiger partial charge < -0.3 is 14.4 Å². The summed E-state index contributed by atoms with van der Waals surface area (Å²) in [5.74, 6) is 0.343. The number of benzene rings is 1. The Kier molecular flexibility index (Phi) is 4.55. The average molecular weight is 315 g/mol. The van der Waals surface area contributed by atoms with Crippen LogP contribution in [0, 0.1) is 19.8 Å². The summed E-state index contributed by atoms with van der Waals surface area (Å²) in [6, 6.07) is 5.70. The summed E-state index contributed by atoms with van der Waals surface area (Å²) in [6.45, 7) is 5.56. The maximum Gasteiger partial charge on any atom is 0.336 e. The van der Waals surface area contributed by atoms with Crippen molar-refractivity contribution < 1.29 is 9.52 Å². The molecular weight excluding hydrogens is 290 g/mol. The molecule has 2 unspecified atom stereocenters. The van der Waals surface area contributed by atoms with E-state index in [1.165, 1.54) is 0 Å². The smallest absolute Gasteiger partial charge is 0.336 e. The fraction of sp³-hybridized carbons (Fsp3) is 0.526. The van der Waals surface area contributed by atoms with Crippen molar-refractivity contribution in [3.8, 4) is 0 Å². The molecular formula is C19H25NO3. The van der Waals surface area contributed by atoms with E-state index in [0.29, 0.717) is 18.0 Å². The first-order chi connectivity index (χ1) is 11.0. The van der Waals surface area contributed by atoms with E-state index in [9.17, 15) is 9.90 Å². The molecule has 124 valence electrons. The topological polar surface area (TPSA) is 53.7 Å². The molecule has 1 fully saturated rings. The maximum atomic E-state index is 11.9.